The number of halogens is 1. The first-order valence-electron chi connectivity index (χ1n) is 8.94. The van der Waals surface area contributed by atoms with Crippen LogP contribution in [0, 0.1) is 5.41 Å². The highest BCUT2D eigenvalue weighted by Gasteiger charge is 2.20. The summed E-state index contributed by atoms with van der Waals surface area (Å²) in [5.74, 6) is 2.32. The Balaban J connectivity index is 0.00000676. The molecule has 0 aliphatic rings. The number of hydrogen-bond donors (Lipinski definition) is 3. The van der Waals surface area contributed by atoms with Gasteiger partial charge in [0.05, 0.1) is 20.2 Å². The molecule has 0 spiro atoms. The Hall–Kier alpha value is -1.71. The van der Waals surface area contributed by atoms with Crippen molar-refractivity contribution in [1.29, 1.82) is 0 Å². The molecule has 0 bridgehead atoms. The van der Waals surface area contributed by atoms with Gasteiger partial charge in [-0.25, -0.2) is 0 Å². The maximum absolute atomic E-state index is 11.8. The lowest BCUT2D eigenvalue weighted by atomic mass is 9.96. The molecule has 1 aromatic carbocycles. The topological polar surface area (TPSA) is 84.0 Å². The highest BCUT2D eigenvalue weighted by Crippen LogP contribution is 2.16. The third-order valence-corrected chi connectivity index (χ3v) is 3.42. The number of carbonyl (C=O) groups is 1. The molecule has 0 aromatic heterocycles. The average molecular weight is 492 g/mol. The number of nitrogens with one attached hydrogen (secondary N) is 3. The van der Waals surface area contributed by atoms with Gasteiger partial charge in [0.1, 0.15) is 18.1 Å². The second kappa shape index (κ2) is 13.5. The Morgan fingerprint density at radius 1 is 1.04 bits per heavy atom. The van der Waals surface area contributed by atoms with E-state index >= 15 is 0 Å². The summed E-state index contributed by atoms with van der Waals surface area (Å²) in [7, 11) is 1.63. The number of aliphatic imine (C=N–C) groups is 1. The smallest absolute Gasteiger partial charge is 0.225 e. The van der Waals surface area contributed by atoms with E-state index < -0.39 is 0 Å². The molecule has 1 aromatic rings. The number of hydrogen-bond acceptors (Lipinski definition) is 4. The van der Waals surface area contributed by atoms with Gasteiger partial charge >= 0.3 is 0 Å². The minimum Gasteiger partial charge on any atom is -0.497 e. The van der Waals surface area contributed by atoms with Gasteiger partial charge in [-0.15, -0.1) is 24.0 Å². The molecule has 0 saturated carbocycles. The summed E-state index contributed by atoms with van der Waals surface area (Å²) >= 11 is 0. The largest absolute Gasteiger partial charge is 0.497 e. The van der Waals surface area contributed by atoms with Crippen LogP contribution in [0.1, 0.15) is 27.7 Å². The number of amides is 1. The van der Waals surface area contributed by atoms with Crippen molar-refractivity contribution < 1.29 is 14.3 Å². The lowest BCUT2D eigenvalue weighted by molar-refractivity contribution is -0.128. The molecule has 154 valence electrons. The number of benzene rings is 1. The van der Waals surface area contributed by atoms with Crippen molar-refractivity contribution >= 4 is 35.8 Å². The third kappa shape index (κ3) is 10.9. The van der Waals surface area contributed by atoms with Crippen molar-refractivity contribution in [3.63, 3.8) is 0 Å². The zero-order chi connectivity index (χ0) is 19.4. The zero-order valence-corrected chi connectivity index (χ0v) is 19.3. The van der Waals surface area contributed by atoms with E-state index in [1.54, 1.807) is 7.11 Å². The molecule has 27 heavy (non-hydrogen) atoms. The quantitative estimate of drug-likeness (QED) is 0.214. The van der Waals surface area contributed by atoms with Crippen LogP contribution in [0.3, 0.4) is 0 Å². The van der Waals surface area contributed by atoms with Crippen molar-refractivity contribution in [1.82, 2.24) is 16.0 Å². The van der Waals surface area contributed by atoms with Crippen molar-refractivity contribution in [3.05, 3.63) is 24.3 Å². The third-order valence-electron chi connectivity index (χ3n) is 3.42. The molecule has 1 rings (SSSR count). The molecule has 1 amide bonds. The summed E-state index contributed by atoms with van der Waals surface area (Å²) in [6, 6.07) is 7.46. The highest BCUT2D eigenvalue weighted by atomic mass is 127. The Morgan fingerprint density at radius 3 is 2.22 bits per heavy atom. The van der Waals surface area contributed by atoms with Crippen LogP contribution in [0.4, 0.5) is 0 Å². The van der Waals surface area contributed by atoms with E-state index in [1.807, 2.05) is 52.0 Å². The van der Waals surface area contributed by atoms with Gasteiger partial charge in [0.2, 0.25) is 5.91 Å². The fraction of sp³-hybridized carbons (Fsp3) is 0.579. The Kier molecular flexibility index (Phi) is 12.6. The van der Waals surface area contributed by atoms with Gasteiger partial charge in [-0.1, -0.05) is 20.8 Å². The predicted octanol–water partition coefficient (Wildman–Crippen LogP) is 2.41. The minimum atomic E-state index is -0.384. The maximum atomic E-state index is 11.8. The van der Waals surface area contributed by atoms with Gasteiger partial charge in [0.25, 0.3) is 0 Å². The summed E-state index contributed by atoms with van der Waals surface area (Å²) in [5.41, 5.74) is -0.384. The van der Waals surface area contributed by atoms with Crippen LogP contribution in [-0.4, -0.2) is 51.8 Å². The van der Waals surface area contributed by atoms with Gasteiger partial charge in [-0.2, -0.15) is 0 Å². The van der Waals surface area contributed by atoms with Crippen LogP contribution in [0.2, 0.25) is 0 Å². The van der Waals surface area contributed by atoms with Crippen LogP contribution >= 0.6 is 24.0 Å². The van der Waals surface area contributed by atoms with E-state index in [0.29, 0.717) is 32.2 Å². The van der Waals surface area contributed by atoms with Crippen LogP contribution in [0.5, 0.6) is 11.5 Å². The van der Waals surface area contributed by atoms with Gasteiger partial charge in [0, 0.05) is 18.5 Å². The first-order chi connectivity index (χ1) is 12.4. The normalized spacial score (nSPS) is 11.2. The lowest BCUT2D eigenvalue weighted by Crippen LogP contribution is -2.40. The van der Waals surface area contributed by atoms with Crippen LogP contribution < -0.4 is 25.4 Å². The number of ether oxygens (including phenoxy) is 2. The standard InChI is InChI=1S/C19H32N4O3.HI/c1-6-20-18(22-12-11-21-17(24)19(2,3)4)23-13-14-26-16-9-7-15(25-5)8-10-16;/h7-10H,6,11-14H2,1-5H3,(H,21,24)(H2,20,22,23);1H. The Bertz CT molecular complexity index is 571. The van der Waals surface area contributed by atoms with Crippen molar-refractivity contribution in [2.24, 2.45) is 10.4 Å². The monoisotopic (exact) mass is 492 g/mol. The van der Waals surface area contributed by atoms with E-state index in [9.17, 15) is 4.79 Å². The summed E-state index contributed by atoms with van der Waals surface area (Å²) in [6.07, 6.45) is 0. The maximum Gasteiger partial charge on any atom is 0.225 e. The van der Waals surface area contributed by atoms with Crippen molar-refractivity contribution in [3.8, 4) is 11.5 Å². The van der Waals surface area contributed by atoms with Crippen molar-refractivity contribution in [2.45, 2.75) is 27.7 Å². The number of nitrogens with zero attached hydrogens (tertiary/aromatic N) is 1. The SMILES string of the molecule is CCNC(=NCCNC(=O)C(C)(C)C)NCCOc1ccc(OC)cc1.I. The molecule has 7 nitrogen and oxygen atoms in total. The second-order valence-electron chi connectivity index (χ2n) is 6.72. The molecule has 0 fully saturated rings. The predicted molar refractivity (Wildman–Crippen MR) is 120 cm³/mol. The van der Waals surface area contributed by atoms with E-state index in [4.69, 9.17) is 9.47 Å². The van der Waals surface area contributed by atoms with Gasteiger partial charge in [-0.05, 0) is 31.2 Å². The number of guanidine groups is 1. The first kappa shape index (κ1) is 25.3. The van der Waals surface area contributed by atoms with E-state index in [0.717, 1.165) is 18.0 Å². The number of methoxy groups -OCH3 is 1. The Labute approximate surface area is 179 Å². The van der Waals surface area contributed by atoms with E-state index in [2.05, 4.69) is 20.9 Å². The summed E-state index contributed by atoms with van der Waals surface area (Å²) in [5, 5.41) is 9.26. The van der Waals surface area contributed by atoms with Crippen LogP contribution in [0.25, 0.3) is 0 Å². The van der Waals surface area contributed by atoms with Gasteiger partial charge < -0.3 is 25.4 Å². The fourth-order valence-electron chi connectivity index (χ4n) is 1.95. The second-order valence-corrected chi connectivity index (χ2v) is 6.72. The van der Waals surface area contributed by atoms with Gasteiger partial charge in [0.15, 0.2) is 5.96 Å². The first-order valence-corrected chi connectivity index (χ1v) is 8.94. The lowest BCUT2D eigenvalue weighted by Gasteiger charge is -2.17. The highest BCUT2D eigenvalue weighted by molar-refractivity contribution is 14.0. The summed E-state index contributed by atoms with van der Waals surface area (Å²) in [6.45, 7) is 10.6. The van der Waals surface area contributed by atoms with Crippen LogP contribution in [0.15, 0.2) is 29.3 Å². The number of rotatable bonds is 9. The molecule has 0 heterocycles. The Morgan fingerprint density at radius 2 is 1.67 bits per heavy atom. The van der Waals surface area contributed by atoms with Crippen LogP contribution in [-0.2, 0) is 4.79 Å². The van der Waals surface area contributed by atoms with Crippen molar-refractivity contribution in [2.75, 3.05) is 39.9 Å². The zero-order valence-electron chi connectivity index (χ0n) is 16.9. The van der Waals surface area contributed by atoms with E-state index in [-0.39, 0.29) is 35.3 Å². The molecule has 0 unspecified atom stereocenters. The average Bonchev–Trinajstić information content (AvgIpc) is 2.61. The molecule has 0 aliphatic carbocycles. The summed E-state index contributed by atoms with van der Waals surface area (Å²) < 4.78 is 10.8. The molecule has 8 heteroatoms. The van der Waals surface area contributed by atoms with Gasteiger partial charge in [-0.3, -0.25) is 9.79 Å². The summed E-state index contributed by atoms with van der Waals surface area (Å²) in [4.78, 5) is 16.2. The number of carbonyl (C=O) groups excluding carboxylic acids is 1. The minimum absolute atomic E-state index is 0. The molecular weight excluding hydrogens is 459 g/mol. The molecule has 0 radical (unpaired) electrons. The fourth-order valence-corrected chi connectivity index (χ4v) is 1.95. The molecular formula is C19H33IN4O3. The molecule has 0 atom stereocenters. The molecule has 3 N–H and O–H groups in total. The molecule has 0 aliphatic heterocycles. The molecule has 0 saturated heterocycles. The van der Waals surface area contributed by atoms with E-state index in [1.165, 1.54) is 0 Å².